The van der Waals surface area contributed by atoms with Gasteiger partial charge < -0.3 is 5.11 Å². The smallest absolute Gasteiger partial charge is 0.314 e. The molecule has 0 bridgehead atoms. The molecule has 2 atom stereocenters. The number of hydrogen-bond donors (Lipinski definition) is 1. The summed E-state index contributed by atoms with van der Waals surface area (Å²) in [6, 6.07) is 9.59. The van der Waals surface area contributed by atoms with E-state index >= 15 is 0 Å². The Hall–Kier alpha value is -1.68. The number of nitrogens with zero attached hydrogens (tertiary/aromatic N) is 1. The molecular formula is C14H17NO3. The van der Waals surface area contributed by atoms with Gasteiger partial charge in [-0.05, 0) is 18.9 Å². The zero-order chi connectivity index (χ0) is 13.1. The number of carboxylic acids is 1. The Labute approximate surface area is 106 Å². The molecule has 0 amide bonds. The molecule has 1 saturated heterocycles. The highest BCUT2D eigenvalue weighted by atomic mass is 16.4. The summed E-state index contributed by atoms with van der Waals surface area (Å²) in [5, 5.41) is 8.96. The number of carboxylic acid groups (broad SMARTS) is 1. The minimum Gasteiger partial charge on any atom is -0.481 e. The van der Waals surface area contributed by atoms with Gasteiger partial charge in [0.05, 0.1) is 6.04 Å². The third kappa shape index (κ3) is 2.59. The van der Waals surface area contributed by atoms with Crippen molar-refractivity contribution in [3.8, 4) is 0 Å². The fraction of sp³-hybridized carbons (Fsp3) is 0.429. The fourth-order valence-corrected chi connectivity index (χ4v) is 2.38. The maximum absolute atomic E-state index is 11.9. The number of benzene rings is 1. The Morgan fingerprint density at radius 3 is 2.67 bits per heavy atom. The summed E-state index contributed by atoms with van der Waals surface area (Å²) in [4.78, 5) is 24.9. The lowest BCUT2D eigenvalue weighted by atomic mass is 9.90. The molecule has 96 valence electrons. The van der Waals surface area contributed by atoms with Crippen LogP contribution in [0, 0.1) is 5.92 Å². The second-order valence-corrected chi connectivity index (χ2v) is 4.71. The number of aliphatic carboxylic acids is 1. The summed E-state index contributed by atoms with van der Waals surface area (Å²) in [6.45, 7) is 3.14. The van der Waals surface area contributed by atoms with Gasteiger partial charge in [-0.15, -0.1) is 0 Å². The Kier molecular flexibility index (Phi) is 3.77. The van der Waals surface area contributed by atoms with Gasteiger partial charge in [0.15, 0.2) is 5.78 Å². The highest BCUT2D eigenvalue weighted by Crippen LogP contribution is 2.21. The van der Waals surface area contributed by atoms with Crippen LogP contribution >= 0.6 is 0 Å². The summed E-state index contributed by atoms with van der Waals surface area (Å²) in [5.41, 5.74) is 1.14. The molecule has 18 heavy (non-hydrogen) atoms. The molecule has 1 aliphatic rings. The van der Waals surface area contributed by atoms with E-state index in [1.54, 1.807) is 6.92 Å². The molecule has 1 heterocycles. The normalized spacial score (nSPS) is 25.1. The van der Waals surface area contributed by atoms with Gasteiger partial charge in [0, 0.05) is 13.1 Å². The lowest BCUT2D eigenvalue weighted by Gasteiger charge is -2.34. The van der Waals surface area contributed by atoms with Gasteiger partial charge in [0.25, 0.3) is 0 Å². The van der Waals surface area contributed by atoms with Crippen LogP contribution in [-0.2, 0) is 16.1 Å². The van der Waals surface area contributed by atoms with E-state index in [-0.39, 0.29) is 11.8 Å². The molecular weight excluding hydrogens is 230 g/mol. The Morgan fingerprint density at radius 2 is 2.06 bits per heavy atom. The summed E-state index contributed by atoms with van der Waals surface area (Å²) in [6.07, 6.45) is 0.408. The van der Waals surface area contributed by atoms with E-state index in [9.17, 15) is 9.59 Å². The molecule has 0 aliphatic carbocycles. The fourth-order valence-electron chi connectivity index (χ4n) is 2.38. The first-order valence-corrected chi connectivity index (χ1v) is 6.14. The lowest BCUT2D eigenvalue weighted by Crippen LogP contribution is -2.49. The summed E-state index contributed by atoms with van der Waals surface area (Å²) < 4.78 is 0. The van der Waals surface area contributed by atoms with Crippen LogP contribution in [-0.4, -0.2) is 34.3 Å². The summed E-state index contributed by atoms with van der Waals surface area (Å²) in [7, 11) is 0. The number of Topliss-reactive ketones (excluding diaryl/α,β-unsaturated/α-hetero) is 1. The van der Waals surface area contributed by atoms with Crippen LogP contribution in [0.4, 0.5) is 0 Å². The van der Waals surface area contributed by atoms with E-state index in [1.807, 2.05) is 35.2 Å². The first-order chi connectivity index (χ1) is 8.59. The lowest BCUT2D eigenvalue weighted by molar-refractivity contribution is -0.150. The van der Waals surface area contributed by atoms with E-state index < -0.39 is 11.9 Å². The number of carbonyl (C=O) groups is 2. The molecule has 4 nitrogen and oxygen atoms in total. The van der Waals surface area contributed by atoms with Crippen molar-refractivity contribution in [3.63, 3.8) is 0 Å². The molecule has 2 unspecified atom stereocenters. The topological polar surface area (TPSA) is 57.6 Å². The van der Waals surface area contributed by atoms with E-state index in [4.69, 9.17) is 5.11 Å². The highest BCUT2D eigenvalue weighted by molar-refractivity contribution is 6.01. The largest absolute Gasteiger partial charge is 0.481 e. The van der Waals surface area contributed by atoms with E-state index in [0.717, 1.165) is 5.56 Å². The third-order valence-electron chi connectivity index (χ3n) is 3.53. The van der Waals surface area contributed by atoms with Crippen molar-refractivity contribution in [2.75, 3.05) is 6.54 Å². The van der Waals surface area contributed by atoms with E-state index in [0.29, 0.717) is 19.5 Å². The first kappa shape index (κ1) is 12.8. The van der Waals surface area contributed by atoms with Crippen LogP contribution in [0.15, 0.2) is 30.3 Å². The van der Waals surface area contributed by atoms with Gasteiger partial charge in [-0.3, -0.25) is 14.5 Å². The van der Waals surface area contributed by atoms with Crippen molar-refractivity contribution >= 4 is 11.8 Å². The number of likely N-dealkylation sites (tertiary alicyclic amines) is 1. The van der Waals surface area contributed by atoms with Gasteiger partial charge in [0.1, 0.15) is 5.92 Å². The molecule has 1 aliphatic heterocycles. The standard InChI is InChI=1S/C14H17NO3/c1-10-13(16)12(14(17)18)7-8-15(10)9-11-5-3-2-4-6-11/h2-6,10,12H,7-9H2,1H3,(H,17,18). The van der Waals surface area contributed by atoms with Gasteiger partial charge >= 0.3 is 5.97 Å². The highest BCUT2D eigenvalue weighted by Gasteiger charge is 2.37. The summed E-state index contributed by atoms with van der Waals surface area (Å²) >= 11 is 0. The Morgan fingerprint density at radius 1 is 1.39 bits per heavy atom. The molecule has 0 saturated carbocycles. The zero-order valence-corrected chi connectivity index (χ0v) is 10.4. The average molecular weight is 247 g/mol. The van der Waals surface area contributed by atoms with Crippen molar-refractivity contribution in [3.05, 3.63) is 35.9 Å². The second-order valence-electron chi connectivity index (χ2n) is 4.71. The van der Waals surface area contributed by atoms with E-state index in [1.165, 1.54) is 0 Å². The van der Waals surface area contributed by atoms with Gasteiger partial charge in [0.2, 0.25) is 0 Å². The van der Waals surface area contributed by atoms with Gasteiger partial charge in [-0.2, -0.15) is 0 Å². The first-order valence-electron chi connectivity index (χ1n) is 6.14. The Bertz CT molecular complexity index is 444. The van der Waals surface area contributed by atoms with Crippen LogP contribution in [0.5, 0.6) is 0 Å². The minimum atomic E-state index is -0.994. The van der Waals surface area contributed by atoms with Crippen LogP contribution < -0.4 is 0 Å². The minimum absolute atomic E-state index is 0.176. The maximum Gasteiger partial charge on any atom is 0.314 e. The summed E-state index contributed by atoms with van der Waals surface area (Å²) in [5.74, 6) is -2.00. The molecule has 0 aromatic heterocycles. The second kappa shape index (κ2) is 5.31. The third-order valence-corrected chi connectivity index (χ3v) is 3.53. The maximum atomic E-state index is 11.9. The molecule has 4 heteroatoms. The molecule has 0 radical (unpaired) electrons. The molecule has 2 rings (SSSR count). The van der Waals surface area contributed by atoms with Crippen molar-refractivity contribution in [2.45, 2.75) is 25.9 Å². The monoisotopic (exact) mass is 247 g/mol. The van der Waals surface area contributed by atoms with Crippen molar-refractivity contribution in [2.24, 2.45) is 5.92 Å². The molecule has 0 spiro atoms. The zero-order valence-electron chi connectivity index (χ0n) is 10.4. The van der Waals surface area contributed by atoms with Crippen LogP contribution in [0.3, 0.4) is 0 Å². The van der Waals surface area contributed by atoms with Crippen molar-refractivity contribution in [1.82, 2.24) is 4.90 Å². The van der Waals surface area contributed by atoms with Crippen molar-refractivity contribution in [1.29, 1.82) is 0 Å². The Balaban J connectivity index is 2.05. The number of ketones is 1. The number of carbonyl (C=O) groups excluding carboxylic acids is 1. The molecule has 1 aromatic rings. The quantitative estimate of drug-likeness (QED) is 0.823. The van der Waals surface area contributed by atoms with Crippen molar-refractivity contribution < 1.29 is 14.7 Å². The van der Waals surface area contributed by atoms with Gasteiger partial charge in [-0.25, -0.2) is 0 Å². The van der Waals surface area contributed by atoms with Crippen LogP contribution in [0.1, 0.15) is 18.9 Å². The number of hydrogen-bond acceptors (Lipinski definition) is 3. The predicted octanol–water partition coefficient (Wildman–Crippen LogP) is 1.55. The van der Waals surface area contributed by atoms with Gasteiger partial charge in [-0.1, -0.05) is 30.3 Å². The van der Waals surface area contributed by atoms with Crippen LogP contribution in [0.2, 0.25) is 0 Å². The molecule has 1 aromatic carbocycles. The molecule has 1 fully saturated rings. The van der Waals surface area contributed by atoms with E-state index in [2.05, 4.69) is 0 Å². The predicted molar refractivity (Wildman–Crippen MR) is 67.1 cm³/mol. The number of piperidine rings is 1. The average Bonchev–Trinajstić information content (AvgIpc) is 2.36. The van der Waals surface area contributed by atoms with Crippen LogP contribution in [0.25, 0.3) is 0 Å². The number of rotatable bonds is 3. The SMILES string of the molecule is CC1C(=O)C(C(=O)O)CCN1Cc1ccccc1. The molecule has 1 N–H and O–H groups in total.